The van der Waals surface area contributed by atoms with Crippen molar-refractivity contribution >= 4 is 7.67 Å². The largest absolute Gasteiger partial charge is 0.345 e. The third-order valence-electron chi connectivity index (χ3n) is 2.58. The Morgan fingerprint density at radius 2 is 1.71 bits per heavy atom. The molecule has 1 aliphatic heterocycles. The van der Waals surface area contributed by atoms with Crippen LogP contribution in [0.4, 0.5) is 0 Å². The lowest BCUT2D eigenvalue weighted by Crippen LogP contribution is -2.44. The van der Waals surface area contributed by atoms with E-state index in [9.17, 15) is 4.57 Å². The van der Waals surface area contributed by atoms with Crippen LogP contribution in [0, 0.1) is 0 Å². The van der Waals surface area contributed by atoms with Gasteiger partial charge in [-0.2, -0.15) is 0 Å². The second-order valence-electron chi connectivity index (χ2n) is 3.78. The Hall–Kier alpha value is 0.0700. The van der Waals surface area contributed by atoms with E-state index in [-0.39, 0.29) is 0 Å². The Morgan fingerprint density at radius 1 is 1.21 bits per heavy atom. The van der Waals surface area contributed by atoms with E-state index in [1.54, 1.807) is 18.8 Å². The van der Waals surface area contributed by atoms with Gasteiger partial charge in [0, 0.05) is 33.3 Å². The molecule has 1 atom stereocenters. The highest BCUT2D eigenvalue weighted by molar-refractivity contribution is 7.53. The zero-order valence-electron chi connectivity index (χ0n) is 9.43. The maximum Gasteiger partial charge on any atom is 0.345 e. The number of nitrogens with zero attached hydrogens (tertiary/aromatic N) is 3. The molecule has 0 aliphatic carbocycles. The first kappa shape index (κ1) is 12.1. The van der Waals surface area contributed by atoms with E-state index in [0.717, 1.165) is 26.2 Å². The van der Waals surface area contributed by atoms with Crippen LogP contribution in [-0.4, -0.2) is 68.7 Å². The average Bonchev–Trinajstić information content (AvgIpc) is 2.17. The van der Waals surface area contributed by atoms with E-state index in [1.165, 1.54) is 7.11 Å². The lowest BCUT2D eigenvalue weighted by atomic mass is 10.4. The fourth-order valence-corrected chi connectivity index (χ4v) is 3.33. The van der Waals surface area contributed by atoms with Crippen molar-refractivity contribution < 1.29 is 9.09 Å². The summed E-state index contributed by atoms with van der Waals surface area (Å²) in [7, 11) is 4.44. The second-order valence-corrected chi connectivity index (χ2v) is 6.49. The first-order chi connectivity index (χ1) is 6.50. The summed E-state index contributed by atoms with van der Waals surface area (Å²) in [6.45, 7) is 3.50. The summed E-state index contributed by atoms with van der Waals surface area (Å²) in [5, 5.41) is 0. The Morgan fingerprint density at radius 3 is 2.07 bits per heavy atom. The molecule has 84 valence electrons. The van der Waals surface area contributed by atoms with Gasteiger partial charge in [0.25, 0.3) is 0 Å². The van der Waals surface area contributed by atoms with Gasteiger partial charge in [0.1, 0.15) is 0 Å². The molecule has 1 heterocycles. The molecule has 0 N–H and O–H groups in total. The second kappa shape index (κ2) is 4.73. The molecule has 1 unspecified atom stereocenters. The van der Waals surface area contributed by atoms with Gasteiger partial charge in [-0.05, 0) is 21.1 Å². The Bertz CT molecular complexity index is 227. The van der Waals surface area contributed by atoms with Crippen molar-refractivity contribution in [1.82, 2.24) is 14.2 Å². The summed E-state index contributed by atoms with van der Waals surface area (Å²) in [4.78, 5) is 2.23. The number of hydrogen-bond donors (Lipinski definition) is 0. The van der Waals surface area contributed by atoms with Gasteiger partial charge in [0.2, 0.25) is 0 Å². The van der Waals surface area contributed by atoms with Gasteiger partial charge in [0.05, 0.1) is 0 Å². The minimum absolute atomic E-state index is 0.805. The molecule has 0 aromatic carbocycles. The minimum Gasteiger partial charge on any atom is -0.309 e. The van der Waals surface area contributed by atoms with Crippen LogP contribution in [0.5, 0.6) is 0 Å². The molecular weight excluding hydrogens is 201 g/mol. The number of piperazine rings is 1. The monoisotopic (exact) mass is 221 g/mol. The predicted octanol–water partition coefficient (Wildman–Crippen LogP) is 0.550. The molecule has 1 saturated heterocycles. The molecule has 0 amide bonds. The fraction of sp³-hybridized carbons (Fsp3) is 1.00. The van der Waals surface area contributed by atoms with Crippen molar-refractivity contribution in [1.29, 1.82) is 0 Å². The van der Waals surface area contributed by atoms with E-state index in [0.29, 0.717) is 0 Å². The van der Waals surface area contributed by atoms with Crippen molar-refractivity contribution in [2.45, 2.75) is 0 Å². The molecule has 5 nitrogen and oxygen atoms in total. The molecule has 0 bridgehead atoms. The van der Waals surface area contributed by atoms with Gasteiger partial charge in [-0.15, -0.1) is 0 Å². The SMILES string of the molecule is COP(=O)(N(C)C)N1CCN(C)CC1. The van der Waals surface area contributed by atoms with Crippen molar-refractivity contribution in [3.63, 3.8) is 0 Å². The summed E-state index contributed by atoms with van der Waals surface area (Å²) >= 11 is 0. The minimum atomic E-state index is -2.73. The third-order valence-corrected chi connectivity index (χ3v) is 5.18. The molecule has 6 heteroatoms. The molecule has 14 heavy (non-hydrogen) atoms. The summed E-state index contributed by atoms with van der Waals surface area (Å²) < 4.78 is 21.1. The Labute approximate surface area is 86.2 Å². The lowest BCUT2D eigenvalue weighted by Gasteiger charge is -2.38. The van der Waals surface area contributed by atoms with E-state index in [2.05, 4.69) is 11.9 Å². The van der Waals surface area contributed by atoms with Crippen molar-refractivity contribution in [3.8, 4) is 0 Å². The highest BCUT2D eigenvalue weighted by Gasteiger charge is 2.34. The maximum atomic E-state index is 12.4. The van der Waals surface area contributed by atoms with Gasteiger partial charge in [0.15, 0.2) is 0 Å². The van der Waals surface area contributed by atoms with E-state index >= 15 is 0 Å². The van der Waals surface area contributed by atoms with Crippen LogP contribution < -0.4 is 0 Å². The molecular formula is C8H20N3O2P. The maximum absolute atomic E-state index is 12.4. The lowest BCUT2D eigenvalue weighted by molar-refractivity contribution is 0.184. The van der Waals surface area contributed by atoms with Gasteiger partial charge in [-0.3, -0.25) is 4.57 Å². The van der Waals surface area contributed by atoms with Gasteiger partial charge in [-0.25, -0.2) is 9.34 Å². The molecule has 1 rings (SSSR count). The van der Waals surface area contributed by atoms with Crippen LogP contribution in [0.15, 0.2) is 0 Å². The van der Waals surface area contributed by atoms with Crippen molar-refractivity contribution in [3.05, 3.63) is 0 Å². The van der Waals surface area contributed by atoms with Crippen LogP contribution in [0.3, 0.4) is 0 Å². The Kier molecular flexibility index (Phi) is 4.10. The summed E-state index contributed by atoms with van der Waals surface area (Å²) in [6, 6.07) is 0. The highest BCUT2D eigenvalue weighted by atomic mass is 31.2. The first-order valence-electron chi connectivity index (χ1n) is 4.78. The van der Waals surface area contributed by atoms with Crippen LogP contribution in [0.1, 0.15) is 0 Å². The summed E-state index contributed by atoms with van der Waals surface area (Å²) in [6.07, 6.45) is 0. The van der Waals surface area contributed by atoms with Crippen LogP contribution >= 0.6 is 7.67 Å². The average molecular weight is 221 g/mol. The molecule has 1 fully saturated rings. The predicted molar refractivity (Wildman–Crippen MR) is 57.4 cm³/mol. The summed E-state index contributed by atoms with van der Waals surface area (Å²) in [5.74, 6) is 0. The smallest absolute Gasteiger partial charge is 0.309 e. The normalized spacial score (nSPS) is 25.2. The van der Waals surface area contributed by atoms with Crippen molar-refractivity contribution in [2.24, 2.45) is 0 Å². The van der Waals surface area contributed by atoms with Crippen LogP contribution in [0.2, 0.25) is 0 Å². The third kappa shape index (κ3) is 2.35. The first-order valence-corrected chi connectivity index (χ1v) is 6.31. The fourth-order valence-electron chi connectivity index (χ4n) is 1.58. The van der Waals surface area contributed by atoms with E-state index in [4.69, 9.17) is 4.52 Å². The van der Waals surface area contributed by atoms with Crippen LogP contribution in [-0.2, 0) is 9.09 Å². The summed E-state index contributed by atoms with van der Waals surface area (Å²) in [5.41, 5.74) is 0. The molecule has 0 radical (unpaired) electrons. The molecule has 1 aliphatic rings. The van der Waals surface area contributed by atoms with Gasteiger partial charge in [-0.1, -0.05) is 0 Å². The van der Waals surface area contributed by atoms with Crippen molar-refractivity contribution in [2.75, 3.05) is 54.4 Å². The van der Waals surface area contributed by atoms with E-state index in [1.807, 2.05) is 4.67 Å². The van der Waals surface area contributed by atoms with Gasteiger partial charge < -0.3 is 9.42 Å². The number of rotatable bonds is 3. The zero-order valence-corrected chi connectivity index (χ0v) is 10.3. The zero-order chi connectivity index (χ0) is 10.8. The van der Waals surface area contributed by atoms with Crippen LogP contribution in [0.25, 0.3) is 0 Å². The van der Waals surface area contributed by atoms with E-state index < -0.39 is 7.67 Å². The van der Waals surface area contributed by atoms with Gasteiger partial charge >= 0.3 is 7.67 Å². The highest BCUT2D eigenvalue weighted by Crippen LogP contribution is 2.51. The number of likely N-dealkylation sites (N-methyl/N-ethyl adjacent to an activating group) is 1. The molecule has 0 spiro atoms. The topological polar surface area (TPSA) is 36.0 Å². The number of hydrogen-bond acceptors (Lipinski definition) is 3. The molecule has 0 saturated carbocycles. The molecule has 0 aromatic heterocycles. The standard InChI is InChI=1S/C8H20N3O2P/c1-9(2)14(12,13-4)11-7-5-10(3)6-8-11/h5-8H2,1-4H3. The quantitative estimate of drug-likeness (QED) is 0.650. The Balaban J connectivity index is 2.67. The molecule has 0 aromatic rings.